The van der Waals surface area contributed by atoms with Gasteiger partial charge in [0.15, 0.2) is 0 Å². The van der Waals surface area contributed by atoms with Gasteiger partial charge in [-0.05, 0) is 25.1 Å². The first-order chi connectivity index (χ1) is 11.9. The Morgan fingerprint density at radius 2 is 2.08 bits per heavy atom. The molecule has 0 aliphatic carbocycles. The molecular formula is C19H18O6. The zero-order valence-electron chi connectivity index (χ0n) is 13.8. The monoisotopic (exact) mass is 342 g/mol. The van der Waals surface area contributed by atoms with Crippen molar-refractivity contribution in [2.45, 2.75) is 37.6 Å². The SMILES string of the molecule is C=C1CC(C[C@]2(C)O[C@H]2COc2ccc3ccc(=O)oc3c2)OC1=O. The number of epoxide rings is 1. The summed E-state index contributed by atoms with van der Waals surface area (Å²) in [5.41, 5.74) is 0.245. The highest BCUT2D eigenvalue weighted by molar-refractivity contribution is 5.89. The number of carbonyl (C=O) groups excluding carboxylic acids is 1. The summed E-state index contributed by atoms with van der Waals surface area (Å²) in [6.45, 7) is 6.05. The summed E-state index contributed by atoms with van der Waals surface area (Å²) in [5.74, 6) is 0.292. The molecule has 0 N–H and O–H groups in total. The van der Waals surface area contributed by atoms with Crippen molar-refractivity contribution >= 4 is 16.9 Å². The van der Waals surface area contributed by atoms with Crippen molar-refractivity contribution in [3.63, 3.8) is 0 Å². The highest BCUT2D eigenvalue weighted by Crippen LogP contribution is 2.43. The van der Waals surface area contributed by atoms with E-state index in [0.717, 1.165) is 5.39 Å². The van der Waals surface area contributed by atoms with Gasteiger partial charge in [-0.15, -0.1) is 0 Å². The molecule has 2 aliphatic heterocycles. The summed E-state index contributed by atoms with van der Waals surface area (Å²) in [5, 5.41) is 0.836. The van der Waals surface area contributed by atoms with Crippen molar-refractivity contribution < 1.29 is 23.4 Å². The molecule has 6 heteroatoms. The fraction of sp³-hybridized carbons (Fsp3) is 0.368. The molecule has 1 aromatic heterocycles. The fourth-order valence-electron chi connectivity index (χ4n) is 3.18. The summed E-state index contributed by atoms with van der Waals surface area (Å²) < 4.78 is 21.9. The Hall–Kier alpha value is -2.60. The number of esters is 1. The quantitative estimate of drug-likeness (QED) is 0.360. The van der Waals surface area contributed by atoms with Crippen LogP contribution in [0, 0.1) is 0 Å². The van der Waals surface area contributed by atoms with E-state index in [9.17, 15) is 9.59 Å². The average molecular weight is 342 g/mol. The van der Waals surface area contributed by atoms with E-state index in [0.29, 0.717) is 36.4 Å². The van der Waals surface area contributed by atoms with Crippen LogP contribution in [0.25, 0.3) is 11.0 Å². The molecule has 0 radical (unpaired) electrons. The van der Waals surface area contributed by atoms with Gasteiger partial charge in [-0.3, -0.25) is 0 Å². The predicted molar refractivity (Wildman–Crippen MR) is 89.5 cm³/mol. The average Bonchev–Trinajstić information content (AvgIpc) is 3.10. The van der Waals surface area contributed by atoms with Crippen LogP contribution in [0.1, 0.15) is 19.8 Å². The smallest absolute Gasteiger partial charge is 0.336 e. The molecule has 25 heavy (non-hydrogen) atoms. The largest absolute Gasteiger partial charge is 0.491 e. The van der Waals surface area contributed by atoms with Gasteiger partial charge in [0.2, 0.25) is 0 Å². The molecule has 3 heterocycles. The minimum Gasteiger partial charge on any atom is -0.491 e. The second kappa shape index (κ2) is 5.74. The summed E-state index contributed by atoms with van der Waals surface area (Å²) in [6.07, 6.45) is 0.927. The van der Waals surface area contributed by atoms with Crippen molar-refractivity contribution in [1.82, 2.24) is 0 Å². The van der Waals surface area contributed by atoms with Crippen molar-refractivity contribution in [1.29, 1.82) is 0 Å². The summed E-state index contributed by atoms with van der Waals surface area (Å²) in [6, 6.07) is 8.45. The first kappa shape index (κ1) is 15.9. The number of rotatable bonds is 5. The highest BCUT2D eigenvalue weighted by Gasteiger charge is 2.54. The van der Waals surface area contributed by atoms with E-state index in [1.165, 1.54) is 6.07 Å². The molecule has 2 saturated heterocycles. The maximum Gasteiger partial charge on any atom is 0.336 e. The van der Waals surface area contributed by atoms with E-state index in [1.807, 2.05) is 19.1 Å². The Labute approximate surface area is 144 Å². The van der Waals surface area contributed by atoms with Gasteiger partial charge in [-0.1, -0.05) is 6.58 Å². The van der Waals surface area contributed by atoms with Crippen LogP contribution >= 0.6 is 0 Å². The fourth-order valence-corrected chi connectivity index (χ4v) is 3.18. The molecule has 0 bridgehead atoms. The number of hydrogen-bond donors (Lipinski definition) is 0. The van der Waals surface area contributed by atoms with E-state index in [2.05, 4.69) is 6.58 Å². The van der Waals surface area contributed by atoms with Crippen LogP contribution in [0.2, 0.25) is 0 Å². The van der Waals surface area contributed by atoms with Crippen molar-refractivity contribution in [3.8, 4) is 5.75 Å². The Bertz CT molecular complexity index is 898. The maximum absolute atomic E-state index is 11.4. The number of carbonyl (C=O) groups is 1. The molecule has 1 unspecified atom stereocenters. The van der Waals surface area contributed by atoms with Crippen LogP contribution in [0.5, 0.6) is 5.75 Å². The van der Waals surface area contributed by atoms with E-state index < -0.39 is 5.63 Å². The van der Waals surface area contributed by atoms with Gasteiger partial charge in [0.05, 0.1) is 5.60 Å². The summed E-state index contributed by atoms with van der Waals surface area (Å²) >= 11 is 0. The van der Waals surface area contributed by atoms with Crippen LogP contribution in [-0.2, 0) is 14.3 Å². The van der Waals surface area contributed by atoms with E-state index in [4.69, 9.17) is 18.6 Å². The molecule has 3 atom stereocenters. The molecule has 4 rings (SSSR count). The third-order valence-electron chi connectivity index (χ3n) is 4.70. The van der Waals surface area contributed by atoms with Crippen LogP contribution < -0.4 is 10.4 Å². The van der Waals surface area contributed by atoms with Crippen LogP contribution in [0.3, 0.4) is 0 Å². The van der Waals surface area contributed by atoms with Crippen LogP contribution in [0.15, 0.2) is 51.7 Å². The van der Waals surface area contributed by atoms with E-state index >= 15 is 0 Å². The Balaban J connectivity index is 1.35. The molecule has 6 nitrogen and oxygen atoms in total. The Morgan fingerprint density at radius 1 is 1.28 bits per heavy atom. The maximum atomic E-state index is 11.4. The normalized spacial score (nSPS) is 28.2. The van der Waals surface area contributed by atoms with Gasteiger partial charge in [0.25, 0.3) is 0 Å². The number of ether oxygens (including phenoxy) is 3. The van der Waals surface area contributed by atoms with Crippen molar-refractivity contribution in [2.24, 2.45) is 0 Å². The summed E-state index contributed by atoms with van der Waals surface area (Å²) in [7, 11) is 0. The van der Waals surface area contributed by atoms with Gasteiger partial charge >= 0.3 is 11.6 Å². The molecular weight excluding hydrogens is 324 g/mol. The molecule has 2 aliphatic rings. The standard InChI is InChI=1S/C19H18O6/c1-11-7-14(23-18(11)21)9-19(2)16(25-19)10-22-13-5-3-12-4-6-17(20)24-15(12)8-13/h3-6,8,14,16H,1,7,9-10H2,2H3/t14?,16-,19-/m0/s1. The first-order valence-corrected chi connectivity index (χ1v) is 8.16. The van der Waals surface area contributed by atoms with Gasteiger partial charge in [0.1, 0.15) is 30.1 Å². The molecule has 1 aromatic carbocycles. The minimum absolute atomic E-state index is 0.0708. The Morgan fingerprint density at radius 3 is 2.84 bits per heavy atom. The molecule has 0 amide bonds. The van der Waals surface area contributed by atoms with Crippen molar-refractivity contribution in [3.05, 3.63) is 52.9 Å². The third-order valence-corrected chi connectivity index (χ3v) is 4.70. The number of hydrogen-bond acceptors (Lipinski definition) is 6. The molecule has 130 valence electrons. The molecule has 2 fully saturated rings. The number of cyclic esters (lactones) is 1. The topological polar surface area (TPSA) is 78.3 Å². The molecule has 0 spiro atoms. The second-order valence-corrected chi connectivity index (χ2v) is 6.72. The van der Waals surface area contributed by atoms with Gasteiger partial charge in [-0.25, -0.2) is 9.59 Å². The van der Waals surface area contributed by atoms with Crippen LogP contribution in [-0.4, -0.2) is 30.4 Å². The van der Waals surface area contributed by atoms with Gasteiger partial charge in [-0.2, -0.15) is 0 Å². The first-order valence-electron chi connectivity index (χ1n) is 8.16. The lowest BCUT2D eigenvalue weighted by Crippen LogP contribution is -2.22. The lowest BCUT2D eigenvalue weighted by Gasteiger charge is -2.12. The van der Waals surface area contributed by atoms with E-state index in [-0.39, 0.29) is 23.8 Å². The number of fused-ring (bicyclic) bond motifs is 1. The predicted octanol–water partition coefficient (Wildman–Crippen LogP) is 2.59. The third kappa shape index (κ3) is 3.17. The zero-order valence-corrected chi connectivity index (χ0v) is 13.8. The lowest BCUT2D eigenvalue weighted by atomic mass is 9.98. The Kier molecular flexibility index (Phi) is 3.65. The van der Waals surface area contributed by atoms with Gasteiger partial charge < -0.3 is 18.6 Å². The summed E-state index contributed by atoms with van der Waals surface area (Å²) in [4.78, 5) is 22.7. The van der Waals surface area contributed by atoms with E-state index in [1.54, 1.807) is 12.1 Å². The van der Waals surface area contributed by atoms with Crippen molar-refractivity contribution in [2.75, 3.05) is 6.61 Å². The van der Waals surface area contributed by atoms with Gasteiger partial charge in [0, 0.05) is 35.9 Å². The second-order valence-electron chi connectivity index (χ2n) is 6.72. The van der Waals surface area contributed by atoms with Crippen LogP contribution in [0.4, 0.5) is 0 Å². The number of benzene rings is 1. The highest BCUT2D eigenvalue weighted by atomic mass is 16.6. The lowest BCUT2D eigenvalue weighted by molar-refractivity contribution is -0.139. The molecule has 0 saturated carbocycles. The minimum atomic E-state index is -0.393. The zero-order chi connectivity index (χ0) is 17.6. The molecule has 2 aromatic rings.